The number of hydrogen-bond donors (Lipinski definition) is 2. The lowest BCUT2D eigenvalue weighted by Gasteiger charge is -2.32. The Balaban J connectivity index is 0.00000338. The Morgan fingerprint density at radius 3 is 2.42 bits per heavy atom. The molecule has 2 rings (SSSR count). The van der Waals surface area contributed by atoms with Crippen LogP contribution in [0.5, 0.6) is 0 Å². The molecule has 5 nitrogen and oxygen atoms in total. The van der Waals surface area contributed by atoms with E-state index in [1.165, 1.54) is 11.8 Å². The number of carbonyl (C=O) groups is 2. The summed E-state index contributed by atoms with van der Waals surface area (Å²) in [5.74, 6) is 1.44. The molecule has 0 aromatic heterocycles. The molecule has 0 bridgehead atoms. The van der Waals surface area contributed by atoms with Crippen molar-refractivity contribution in [2.45, 2.75) is 26.7 Å². The number of rotatable bonds is 8. The van der Waals surface area contributed by atoms with Gasteiger partial charge in [0.2, 0.25) is 11.8 Å². The lowest BCUT2D eigenvalue weighted by molar-refractivity contribution is -0.129. The normalized spacial score (nSPS) is 14.6. The molecule has 26 heavy (non-hydrogen) atoms. The first-order valence-electron chi connectivity index (χ1n) is 9.01. The summed E-state index contributed by atoms with van der Waals surface area (Å²) in [6.07, 6.45) is 2.13. The quantitative estimate of drug-likeness (QED) is 0.705. The molecule has 7 heteroatoms. The van der Waals surface area contributed by atoms with Crippen molar-refractivity contribution in [2.75, 3.05) is 43.0 Å². The minimum atomic E-state index is -0.0639. The smallest absolute Gasteiger partial charge is 0.234 e. The zero-order valence-corrected chi connectivity index (χ0v) is 17.3. The summed E-state index contributed by atoms with van der Waals surface area (Å²) in [5, 5.41) is 6.24. The molecule has 0 aliphatic carbocycles. The predicted octanol–water partition coefficient (Wildman–Crippen LogP) is 2.94. The molecule has 146 valence electrons. The summed E-state index contributed by atoms with van der Waals surface area (Å²) in [7, 11) is 0. The Hall–Kier alpha value is -1.24. The van der Waals surface area contributed by atoms with E-state index in [0.717, 1.165) is 50.3 Å². The van der Waals surface area contributed by atoms with Crippen LogP contribution < -0.4 is 10.6 Å². The second-order valence-corrected chi connectivity index (χ2v) is 7.52. The monoisotopic (exact) mass is 399 g/mol. The van der Waals surface area contributed by atoms with E-state index >= 15 is 0 Å². The number of likely N-dealkylation sites (tertiary alicyclic amines) is 1. The Bertz CT molecular complexity index is 560. The molecule has 0 radical (unpaired) electrons. The standard InChI is InChI=1S/C19H29N3O2S.ClH/c1-3-20-12-16-8-10-22(11-9-16)19(24)14-25-13-18(23)21-17-6-4-15(2)5-7-17;/h4-7,16,20H,3,8-14H2,1-2H3,(H,21,23);1H. The number of hydrogen-bond acceptors (Lipinski definition) is 4. The third kappa shape index (κ3) is 7.98. The van der Waals surface area contributed by atoms with E-state index in [1.54, 1.807) is 0 Å². The van der Waals surface area contributed by atoms with Crippen molar-refractivity contribution in [1.29, 1.82) is 0 Å². The predicted molar refractivity (Wildman–Crippen MR) is 112 cm³/mol. The maximum absolute atomic E-state index is 12.3. The fourth-order valence-electron chi connectivity index (χ4n) is 2.89. The molecular formula is C19H30ClN3O2S. The first-order chi connectivity index (χ1) is 12.1. The van der Waals surface area contributed by atoms with Crippen molar-refractivity contribution in [1.82, 2.24) is 10.2 Å². The molecule has 1 aliphatic rings. The molecule has 1 fully saturated rings. The topological polar surface area (TPSA) is 61.4 Å². The molecule has 0 atom stereocenters. The van der Waals surface area contributed by atoms with Crippen LogP contribution in [0.1, 0.15) is 25.3 Å². The minimum Gasteiger partial charge on any atom is -0.342 e. The van der Waals surface area contributed by atoms with Crippen LogP contribution in [-0.2, 0) is 9.59 Å². The summed E-state index contributed by atoms with van der Waals surface area (Å²) in [6, 6.07) is 7.71. The second-order valence-electron chi connectivity index (χ2n) is 6.54. The molecule has 0 saturated carbocycles. The van der Waals surface area contributed by atoms with Crippen molar-refractivity contribution < 1.29 is 9.59 Å². The molecule has 1 aliphatic heterocycles. The van der Waals surface area contributed by atoms with E-state index in [0.29, 0.717) is 17.4 Å². The van der Waals surface area contributed by atoms with Gasteiger partial charge in [0.25, 0.3) is 0 Å². The van der Waals surface area contributed by atoms with Gasteiger partial charge in [-0.25, -0.2) is 0 Å². The van der Waals surface area contributed by atoms with Gasteiger partial charge in [-0.15, -0.1) is 24.2 Å². The first-order valence-corrected chi connectivity index (χ1v) is 10.2. The van der Waals surface area contributed by atoms with Crippen LogP contribution in [-0.4, -0.2) is 54.4 Å². The highest BCUT2D eigenvalue weighted by Gasteiger charge is 2.22. The number of nitrogens with zero attached hydrogens (tertiary/aromatic N) is 1. The highest BCUT2D eigenvalue weighted by atomic mass is 35.5. The molecule has 1 heterocycles. The highest BCUT2D eigenvalue weighted by Crippen LogP contribution is 2.17. The number of carbonyl (C=O) groups excluding carboxylic acids is 2. The number of nitrogens with one attached hydrogen (secondary N) is 2. The second kappa shape index (κ2) is 12.2. The fraction of sp³-hybridized carbons (Fsp3) is 0.579. The number of halogens is 1. The number of thioether (sulfide) groups is 1. The molecule has 1 aromatic rings. The van der Waals surface area contributed by atoms with E-state index in [2.05, 4.69) is 17.6 Å². The largest absolute Gasteiger partial charge is 0.342 e. The van der Waals surface area contributed by atoms with Crippen LogP contribution in [0.15, 0.2) is 24.3 Å². The Morgan fingerprint density at radius 2 is 1.81 bits per heavy atom. The van der Waals surface area contributed by atoms with Gasteiger partial charge in [-0.1, -0.05) is 24.6 Å². The summed E-state index contributed by atoms with van der Waals surface area (Å²) in [5.41, 5.74) is 1.96. The Morgan fingerprint density at radius 1 is 1.15 bits per heavy atom. The van der Waals surface area contributed by atoms with Gasteiger partial charge in [0.05, 0.1) is 11.5 Å². The first kappa shape index (κ1) is 22.8. The van der Waals surface area contributed by atoms with Gasteiger partial charge in [-0.2, -0.15) is 0 Å². The van der Waals surface area contributed by atoms with E-state index in [-0.39, 0.29) is 24.2 Å². The molecule has 2 amide bonds. The van der Waals surface area contributed by atoms with Gasteiger partial charge in [-0.3, -0.25) is 9.59 Å². The van der Waals surface area contributed by atoms with Gasteiger partial charge < -0.3 is 15.5 Å². The number of aryl methyl sites for hydroxylation is 1. The molecular weight excluding hydrogens is 370 g/mol. The minimum absolute atomic E-state index is 0. The molecule has 0 unspecified atom stereocenters. The van der Waals surface area contributed by atoms with Gasteiger partial charge in [0, 0.05) is 18.8 Å². The Kier molecular flexibility index (Phi) is 10.7. The van der Waals surface area contributed by atoms with Crippen molar-refractivity contribution in [3.8, 4) is 0 Å². The lowest BCUT2D eigenvalue weighted by atomic mass is 9.97. The number of anilines is 1. The van der Waals surface area contributed by atoms with Crippen LogP contribution in [0.3, 0.4) is 0 Å². The van der Waals surface area contributed by atoms with E-state index in [9.17, 15) is 9.59 Å². The summed E-state index contributed by atoms with van der Waals surface area (Å²) < 4.78 is 0. The maximum atomic E-state index is 12.3. The van der Waals surface area contributed by atoms with Crippen LogP contribution in [0, 0.1) is 12.8 Å². The van der Waals surface area contributed by atoms with Gasteiger partial charge in [0.15, 0.2) is 0 Å². The average molecular weight is 400 g/mol. The fourth-order valence-corrected chi connectivity index (χ4v) is 3.61. The number of benzene rings is 1. The molecule has 2 N–H and O–H groups in total. The molecule has 0 spiro atoms. The third-order valence-corrected chi connectivity index (χ3v) is 5.36. The highest BCUT2D eigenvalue weighted by molar-refractivity contribution is 8.00. The van der Waals surface area contributed by atoms with Crippen LogP contribution in [0.25, 0.3) is 0 Å². The molecule has 1 saturated heterocycles. The van der Waals surface area contributed by atoms with Crippen molar-refractivity contribution in [3.63, 3.8) is 0 Å². The van der Waals surface area contributed by atoms with E-state index < -0.39 is 0 Å². The summed E-state index contributed by atoms with van der Waals surface area (Å²) in [6.45, 7) is 7.85. The van der Waals surface area contributed by atoms with Crippen molar-refractivity contribution >= 4 is 41.7 Å². The molecule has 1 aromatic carbocycles. The van der Waals surface area contributed by atoms with Gasteiger partial charge in [-0.05, 0) is 50.9 Å². The number of piperidine rings is 1. The van der Waals surface area contributed by atoms with E-state index in [1.807, 2.05) is 36.1 Å². The van der Waals surface area contributed by atoms with Crippen molar-refractivity contribution in [3.05, 3.63) is 29.8 Å². The van der Waals surface area contributed by atoms with Gasteiger partial charge in [0.1, 0.15) is 0 Å². The van der Waals surface area contributed by atoms with Crippen molar-refractivity contribution in [2.24, 2.45) is 5.92 Å². The van der Waals surface area contributed by atoms with E-state index in [4.69, 9.17) is 0 Å². The SMILES string of the molecule is CCNCC1CCN(C(=O)CSCC(=O)Nc2ccc(C)cc2)CC1.Cl. The zero-order chi connectivity index (χ0) is 18.1. The summed E-state index contributed by atoms with van der Waals surface area (Å²) >= 11 is 1.38. The lowest BCUT2D eigenvalue weighted by Crippen LogP contribution is -2.41. The van der Waals surface area contributed by atoms with Crippen LogP contribution in [0.4, 0.5) is 5.69 Å². The Labute approximate surface area is 167 Å². The van der Waals surface area contributed by atoms with Crippen LogP contribution >= 0.6 is 24.2 Å². The maximum Gasteiger partial charge on any atom is 0.234 e. The van der Waals surface area contributed by atoms with Gasteiger partial charge >= 0.3 is 0 Å². The third-order valence-electron chi connectivity index (χ3n) is 4.44. The van der Waals surface area contributed by atoms with Crippen LogP contribution in [0.2, 0.25) is 0 Å². The zero-order valence-electron chi connectivity index (χ0n) is 15.6. The summed E-state index contributed by atoms with van der Waals surface area (Å²) in [4.78, 5) is 26.1. The average Bonchev–Trinajstić information content (AvgIpc) is 2.62. The number of amides is 2.